The minimum Gasteiger partial charge on any atom is -0.468 e. The van der Waals surface area contributed by atoms with Gasteiger partial charge in [-0.2, -0.15) is 0 Å². The van der Waals surface area contributed by atoms with Crippen molar-refractivity contribution in [3.05, 3.63) is 24.2 Å². The highest BCUT2D eigenvalue weighted by molar-refractivity contribution is 4.97. The fourth-order valence-electron chi connectivity index (χ4n) is 1.58. The van der Waals surface area contributed by atoms with Crippen LogP contribution in [0.15, 0.2) is 22.8 Å². The molecule has 0 saturated heterocycles. The molecule has 2 N–H and O–H groups in total. The molecule has 0 fully saturated rings. The van der Waals surface area contributed by atoms with Gasteiger partial charge in [0.25, 0.3) is 0 Å². The lowest BCUT2D eigenvalue weighted by Gasteiger charge is -2.22. The van der Waals surface area contributed by atoms with Crippen molar-refractivity contribution in [1.82, 2.24) is 4.90 Å². The Hall–Kier alpha value is -0.800. The van der Waals surface area contributed by atoms with E-state index in [1.54, 1.807) is 6.26 Å². The molecule has 0 radical (unpaired) electrons. The zero-order valence-electron chi connectivity index (χ0n) is 9.07. The molecule has 0 spiro atoms. The first kappa shape index (κ1) is 11.3. The van der Waals surface area contributed by atoms with E-state index in [2.05, 4.69) is 11.8 Å². The zero-order chi connectivity index (χ0) is 10.4. The van der Waals surface area contributed by atoms with Gasteiger partial charge in [0.2, 0.25) is 0 Å². The van der Waals surface area contributed by atoms with E-state index in [-0.39, 0.29) is 6.04 Å². The zero-order valence-corrected chi connectivity index (χ0v) is 9.07. The van der Waals surface area contributed by atoms with Crippen LogP contribution >= 0.6 is 0 Å². The van der Waals surface area contributed by atoms with Crippen molar-refractivity contribution in [2.24, 2.45) is 5.73 Å². The average molecular weight is 196 g/mol. The molecule has 1 atom stereocenters. The second kappa shape index (κ2) is 5.83. The molecule has 80 valence electrons. The molecule has 0 aliphatic carbocycles. The standard InChI is InChI=1S/C11H20N2O/c1-3-6-13(8-10(2)12)9-11-5-4-7-14-11/h4-5,7,10H,3,6,8-9,12H2,1-2H3/t10-/m1/s1. The fraction of sp³-hybridized carbons (Fsp3) is 0.636. The van der Waals surface area contributed by atoms with Crippen molar-refractivity contribution in [2.45, 2.75) is 32.9 Å². The van der Waals surface area contributed by atoms with E-state index in [0.29, 0.717) is 0 Å². The monoisotopic (exact) mass is 196 g/mol. The maximum Gasteiger partial charge on any atom is 0.117 e. The third-order valence-corrected chi connectivity index (χ3v) is 2.05. The first-order valence-corrected chi connectivity index (χ1v) is 5.22. The van der Waals surface area contributed by atoms with Crippen LogP contribution in [0.3, 0.4) is 0 Å². The second-order valence-corrected chi connectivity index (χ2v) is 3.79. The number of furan rings is 1. The Morgan fingerprint density at radius 1 is 1.57 bits per heavy atom. The van der Waals surface area contributed by atoms with Crippen LogP contribution in [-0.2, 0) is 6.54 Å². The Labute approximate surface area is 85.9 Å². The van der Waals surface area contributed by atoms with Gasteiger partial charge in [0.1, 0.15) is 5.76 Å². The Kier molecular flexibility index (Phi) is 4.70. The maximum absolute atomic E-state index is 5.78. The molecule has 0 aromatic carbocycles. The number of rotatable bonds is 6. The summed E-state index contributed by atoms with van der Waals surface area (Å²) in [5.41, 5.74) is 5.78. The van der Waals surface area contributed by atoms with Gasteiger partial charge in [-0.25, -0.2) is 0 Å². The molecular weight excluding hydrogens is 176 g/mol. The van der Waals surface area contributed by atoms with E-state index in [1.807, 2.05) is 19.1 Å². The summed E-state index contributed by atoms with van der Waals surface area (Å²) >= 11 is 0. The van der Waals surface area contributed by atoms with Crippen LogP contribution in [0.2, 0.25) is 0 Å². The van der Waals surface area contributed by atoms with Crippen LogP contribution in [0.5, 0.6) is 0 Å². The first-order valence-electron chi connectivity index (χ1n) is 5.22. The Balaban J connectivity index is 2.42. The molecule has 1 rings (SSSR count). The lowest BCUT2D eigenvalue weighted by molar-refractivity contribution is 0.233. The Morgan fingerprint density at radius 3 is 2.86 bits per heavy atom. The molecule has 0 aliphatic rings. The molecule has 3 heteroatoms. The summed E-state index contributed by atoms with van der Waals surface area (Å²) in [5, 5.41) is 0. The number of hydrogen-bond donors (Lipinski definition) is 1. The van der Waals surface area contributed by atoms with Gasteiger partial charge in [0.15, 0.2) is 0 Å². The Bertz CT molecular complexity index is 231. The predicted molar refractivity (Wildman–Crippen MR) is 57.9 cm³/mol. The van der Waals surface area contributed by atoms with Gasteiger partial charge in [0.05, 0.1) is 12.8 Å². The summed E-state index contributed by atoms with van der Waals surface area (Å²) in [7, 11) is 0. The minimum atomic E-state index is 0.219. The van der Waals surface area contributed by atoms with E-state index in [0.717, 1.165) is 31.8 Å². The van der Waals surface area contributed by atoms with E-state index in [9.17, 15) is 0 Å². The summed E-state index contributed by atoms with van der Waals surface area (Å²) < 4.78 is 5.31. The van der Waals surface area contributed by atoms with Gasteiger partial charge in [0, 0.05) is 12.6 Å². The molecule has 0 amide bonds. The summed E-state index contributed by atoms with van der Waals surface area (Å²) in [6, 6.07) is 4.14. The van der Waals surface area contributed by atoms with Crippen LogP contribution in [-0.4, -0.2) is 24.0 Å². The lowest BCUT2D eigenvalue weighted by Crippen LogP contribution is -2.35. The van der Waals surface area contributed by atoms with Crippen molar-refractivity contribution < 1.29 is 4.42 Å². The molecule has 0 saturated carbocycles. The number of nitrogens with two attached hydrogens (primary N) is 1. The number of nitrogens with zero attached hydrogens (tertiary/aromatic N) is 1. The highest BCUT2D eigenvalue weighted by Crippen LogP contribution is 2.06. The van der Waals surface area contributed by atoms with Gasteiger partial charge in [-0.15, -0.1) is 0 Å². The molecule has 14 heavy (non-hydrogen) atoms. The molecular formula is C11H20N2O. The normalized spacial score (nSPS) is 13.4. The molecule has 1 heterocycles. The largest absolute Gasteiger partial charge is 0.468 e. The van der Waals surface area contributed by atoms with Crippen molar-refractivity contribution in [1.29, 1.82) is 0 Å². The highest BCUT2D eigenvalue weighted by Gasteiger charge is 2.08. The summed E-state index contributed by atoms with van der Waals surface area (Å²) in [6.07, 6.45) is 2.86. The molecule has 0 aliphatic heterocycles. The van der Waals surface area contributed by atoms with Gasteiger partial charge < -0.3 is 10.2 Å². The fourth-order valence-corrected chi connectivity index (χ4v) is 1.58. The van der Waals surface area contributed by atoms with Crippen molar-refractivity contribution in [3.63, 3.8) is 0 Å². The van der Waals surface area contributed by atoms with E-state index >= 15 is 0 Å². The van der Waals surface area contributed by atoms with Crippen molar-refractivity contribution >= 4 is 0 Å². The number of hydrogen-bond acceptors (Lipinski definition) is 3. The average Bonchev–Trinajstić information content (AvgIpc) is 2.56. The molecule has 3 nitrogen and oxygen atoms in total. The second-order valence-electron chi connectivity index (χ2n) is 3.79. The first-order chi connectivity index (χ1) is 6.72. The summed E-state index contributed by atoms with van der Waals surface area (Å²) in [4.78, 5) is 2.32. The van der Waals surface area contributed by atoms with E-state index in [4.69, 9.17) is 10.2 Å². The van der Waals surface area contributed by atoms with Gasteiger partial charge in [-0.05, 0) is 32.0 Å². The molecule has 1 aromatic rings. The topological polar surface area (TPSA) is 42.4 Å². The lowest BCUT2D eigenvalue weighted by atomic mass is 10.3. The van der Waals surface area contributed by atoms with Crippen LogP contribution in [0.1, 0.15) is 26.0 Å². The quantitative estimate of drug-likeness (QED) is 0.755. The molecule has 0 unspecified atom stereocenters. The third kappa shape index (κ3) is 3.94. The van der Waals surface area contributed by atoms with Crippen molar-refractivity contribution in [2.75, 3.05) is 13.1 Å². The molecule has 0 bridgehead atoms. The molecule has 1 aromatic heterocycles. The van der Waals surface area contributed by atoms with Crippen LogP contribution in [0.4, 0.5) is 0 Å². The van der Waals surface area contributed by atoms with E-state index < -0.39 is 0 Å². The highest BCUT2D eigenvalue weighted by atomic mass is 16.3. The Morgan fingerprint density at radius 2 is 2.36 bits per heavy atom. The van der Waals surface area contributed by atoms with Crippen molar-refractivity contribution in [3.8, 4) is 0 Å². The van der Waals surface area contributed by atoms with Gasteiger partial charge >= 0.3 is 0 Å². The van der Waals surface area contributed by atoms with Gasteiger partial charge in [-0.3, -0.25) is 4.90 Å². The predicted octanol–water partition coefficient (Wildman–Crippen LogP) is 1.84. The summed E-state index contributed by atoms with van der Waals surface area (Å²) in [5.74, 6) is 1.01. The smallest absolute Gasteiger partial charge is 0.117 e. The minimum absolute atomic E-state index is 0.219. The maximum atomic E-state index is 5.78. The van der Waals surface area contributed by atoms with Crippen LogP contribution < -0.4 is 5.73 Å². The summed E-state index contributed by atoms with van der Waals surface area (Å²) in [6.45, 7) is 7.07. The van der Waals surface area contributed by atoms with Crippen LogP contribution in [0.25, 0.3) is 0 Å². The third-order valence-electron chi connectivity index (χ3n) is 2.05. The SMILES string of the molecule is CCCN(Cc1ccco1)C[C@@H](C)N. The van der Waals surface area contributed by atoms with Gasteiger partial charge in [-0.1, -0.05) is 6.92 Å². The van der Waals surface area contributed by atoms with Crippen LogP contribution in [0, 0.1) is 0 Å². The van der Waals surface area contributed by atoms with E-state index in [1.165, 1.54) is 0 Å².